The number of hydrogen-bond donors (Lipinski definition) is 1. The van der Waals surface area contributed by atoms with E-state index in [1.165, 1.54) is 4.90 Å². The van der Waals surface area contributed by atoms with Crippen LogP contribution in [0.3, 0.4) is 0 Å². The maximum Gasteiger partial charge on any atom is 0.393 e. The van der Waals surface area contributed by atoms with E-state index in [0.717, 1.165) is 31.5 Å². The van der Waals surface area contributed by atoms with Gasteiger partial charge >= 0.3 is 6.18 Å². The van der Waals surface area contributed by atoms with Crippen molar-refractivity contribution in [2.24, 2.45) is 5.92 Å². The van der Waals surface area contributed by atoms with Gasteiger partial charge in [0.15, 0.2) is 0 Å². The molecule has 1 unspecified atom stereocenters. The Balaban J connectivity index is 1.79. The van der Waals surface area contributed by atoms with Gasteiger partial charge in [0, 0.05) is 18.7 Å². The summed E-state index contributed by atoms with van der Waals surface area (Å²) < 4.78 is 39.0. The van der Waals surface area contributed by atoms with Gasteiger partial charge in [0.1, 0.15) is 0 Å². The second-order valence-electron chi connectivity index (χ2n) is 6.74. The number of amides is 1. The minimum Gasteiger partial charge on any atom is -0.338 e. The number of piperidine rings is 2. The molecular weight excluding hydrogens is 317 g/mol. The summed E-state index contributed by atoms with van der Waals surface area (Å²) in [5.41, 5.74) is 1.56. The maximum atomic E-state index is 13.0. The Bertz CT molecular complexity index is 582. The zero-order chi connectivity index (χ0) is 17.2. The van der Waals surface area contributed by atoms with Gasteiger partial charge < -0.3 is 10.2 Å². The van der Waals surface area contributed by atoms with E-state index in [1.54, 1.807) is 12.1 Å². The molecule has 0 spiro atoms. The fourth-order valence-electron chi connectivity index (χ4n) is 3.78. The summed E-state index contributed by atoms with van der Waals surface area (Å²) in [6, 6.07) is 7.41. The van der Waals surface area contributed by atoms with Gasteiger partial charge in [-0.3, -0.25) is 4.79 Å². The van der Waals surface area contributed by atoms with Crippen LogP contribution in [-0.2, 0) is 0 Å². The molecule has 2 aliphatic heterocycles. The molecule has 2 heterocycles. The predicted molar refractivity (Wildman–Crippen MR) is 86.0 cm³/mol. The molecule has 24 heavy (non-hydrogen) atoms. The molecule has 2 saturated heterocycles. The summed E-state index contributed by atoms with van der Waals surface area (Å²) in [7, 11) is 0. The number of carbonyl (C=O) groups excluding carboxylic acids is 1. The van der Waals surface area contributed by atoms with Crippen LogP contribution in [0.2, 0.25) is 0 Å². The Morgan fingerprint density at radius 3 is 2.54 bits per heavy atom. The second-order valence-corrected chi connectivity index (χ2v) is 6.74. The van der Waals surface area contributed by atoms with Crippen LogP contribution in [0.25, 0.3) is 0 Å². The average molecular weight is 340 g/mol. The van der Waals surface area contributed by atoms with E-state index in [2.05, 4.69) is 5.32 Å². The van der Waals surface area contributed by atoms with E-state index in [9.17, 15) is 18.0 Å². The van der Waals surface area contributed by atoms with Crippen LogP contribution in [0.1, 0.15) is 47.5 Å². The zero-order valence-electron chi connectivity index (χ0n) is 13.6. The van der Waals surface area contributed by atoms with Crippen molar-refractivity contribution >= 4 is 5.91 Å². The molecule has 2 fully saturated rings. The molecule has 0 radical (unpaired) electrons. The van der Waals surface area contributed by atoms with Gasteiger partial charge in [-0.2, -0.15) is 13.2 Å². The van der Waals surface area contributed by atoms with Crippen molar-refractivity contribution < 1.29 is 18.0 Å². The first-order valence-corrected chi connectivity index (χ1v) is 8.62. The van der Waals surface area contributed by atoms with Gasteiger partial charge in [0.2, 0.25) is 0 Å². The molecule has 0 saturated carbocycles. The molecule has 0 aromatic heterocycles. The van der Waals surface area contributed by atoms with E-state index in [0.29, 0.717) is 24.4 Å². The van der Waals surface area contributed by atoms with Crippen LogP contribution in [0.15, 0.2) is 24.3 Å². The third-order valence-corrected chi connectivity index (χ3v) is 5.14. The molecule has 3 rings (SSSR count). The number of likely N-dealkylation sites (tertiary alicyclic amines) is 1. The fourth-order valence-corrected chi connectivity index (χ4v) is 3.78. The molecule has 0 aliphatic carbocycles. The number of benzene rings is 1. The molecule has 1 aromatic carbocycles. The maximum absolute atomic E-state index is 13.0. The lowest BCUT2D eigenvalue weighted by molar-refractivity contribution is -0.184. The summed E-state index contributed by atoms with van der Waals surface area (Å²) in [6.07, 6.45) is -1.80. The van der Waals surface area contributed by atoms with Gasteiger partial charge in [-0.1, -0.05) is 18.2 Å². The molecular formula is C18H23F3N2O. The summed E-state index contributed by atoms with van der Waals surface area (Å²) in [5, 5.41) is 3.30. The first-order chi connectivity index (χ1) is 11.5. The lowest BCUT2D eigenvalue weighted by Gasteiger charge is -2.34. The fraction of sp³-hybridized carbons (Fsp3) is 0.611. The summed E-state index contributed by atoms with van der Waals surface area (Å²) in [6.45, 7) is 2.01. The Morgan fingerprint density at radius 1 is 1.12 bits per heavy atom. The van der Waals surface area contributed by atoms with Gasteiger partial charge in [0.25, 0.3) is 5.91 Å². The number of nitrogens with one attached hydrogen (secondary N) is 1. The Labute approximate surface area is 140 Å². The number of carbonyl (C=O) groups is 1. The van der Waals surface area contributed by atoms with Gasteiger partial charge in [-0.05, 0) is 56.3 Å². The lowest BCUT2D eigenvalue weighted by atomic mass is 9.86. The van der Waals surface area contributed by atoms with E-state index >= 15 is 0 Å². The van der Waals surface area contributed by atoms with Crippen LogP contribution in [0.5, 0.6) is 0 Å². The average Bonchev–Trinajstić information content (AvgIpc) is 2.61. The van der Waals surface area contributed by atoms with Crippen molar-refractivity contribution in [3.8, 4) is 0 Å². The lowest BCUT2D eigenvalue weighted by Crippen LogP contribution is -2.45. The Hall–Kier alpha value is -1.56. The standard InChI is InChI=1S/C18H23F3N2O/c19-18(20,21)14-4-3-11-23(12-14)17(24)16-6-2-1-5-15(16)13-7-9-22-10-8-13/h1-2,5-6,13-14,22H,3-4,7-12H2. The van der Waals surface area contributed by atoms with Crippen LogP contribution in [-0.4, -0.2) is 43.2 Å². The van der Waals surface area contributed by atoms with E-state index in [-0.39, 0.29) is 18.9 Å². The zero-order valence-corrected chi connectivity index (χ0v) is 13.6. The van der Waals surface area contributed by atoms with Crippen LogP contribution in [0.4, 0.5) is 13.2 Å². The van der Waals surface area contributed by atoms with Crippen LogP contribution >= 0.6 is 0 Å². The van der Waals surface area contributed by atoms with Crippen LogP contribution < -0.4 is 5.32 Å². The highest BCUT2D eigenvalue weighted by atomic mass is 19.4. The molecule has 0 bridgehead atoms. The minimum absolute atomic E-state index is 0.114. The Morgan fingerprint density at radius 2 is 1.83 bits per heavy atom. The number of rotatable bonds is 2. The van der Waals surface area contributed by atoms with Crippen LogP contribution in [0, 0.1) is 5.92 Å². The first-order valence-electron chi connectivity index (χ1n) is 8.62. The molecule has 3 nitrogen and oxygen atoms in total. The normalized spacial score (nSPS) is 23.3. The number of halogens is 3. The number of nitrogens with zero attached hydrogens (tertiary/aromatic N) is 1. The van der Waals surface area contributed by atoms with Crippen molar-refractivity contribution in [2.75, 3.05) is 26.2 Å². The third-order valence-electron chi connectivity index (χ3n) is 5.14. The highest BCUT2D eigenvalue weighted by Crippen LogP contribution is 2.34. The minimum atomic E-state index is -4.23. The molecule has 2 aliphatic rings. The summed E-state index contributed by atoms with van der Waals surface area (Å²) in [4.78, 5) is 14.3. The van der Waals surface area contributed by atoms with E-state index < -0.39 is 12.1 Å². The molecule has 132 valence electrons. The van der Waals surface area contributed by atoms with Gasteiger partial charge in [0.05, 0.1) is 5.92 Å². The summed E-state index contributed by atoms with van der Waals surface area (Å²) in [5.74, 6) is -1.35. The summed E-state index contributed by atoms with van der Waals surface area (Å²) >= 11 is 0. The predicted octanol–water partition coefficient (Wildman–Crippen LogP) is 3.57. The smallest absolute Gasteiger partial charge is 0.338 e. The van der Waals surface area contributed by atoms with E-state index in [4.69, 9.17) is 0 Å². The van der Waals surface area contributed by atoms with Gasteiger partial charge in [-0.25, -0.2) is 0 Å². The van der Waals surface area contributed by atoms with Gasteiger partial charge in [-0.15, -0.1) is 0 Å². The third kappa shape index (κ3) is 3.74. The van der Waals surface area contributed by atoms with Crippen molar-refractivity contribution in [2.45, 2.75) is 37.8 Å². The van der Waals surface area contributed by atoms with Crippen molar-refractivity contribution in [3.63, 3.8) is 0 Å². The number of alkyl halides is 3. The molecule has 1 atom stereocenters. The number of hydrogen-bond acceptors (Lipinski definition) is 2. The molecule has 1 aromatic rings. The molecule has 6 heteroatoms. The van der Waals surface area contributed by atoms with Crippen molar-refractivity contribution in [3.05, 3.63) is 35.4 Å². The molecule has 1 N–H and O–H groups in total. The quantitative estimate of drug-likeness (QED) is 0.893. The van der Waals surface area contributed by atoms with Crippen molar-refractivity contribution in [1.29, 1.82) is 0 Å². The van der Waals surface area contributed by atoms with Crippen molar-refractivity contribution in [1.82, 2.24) is 10.2 Å². The molecule has 1 amide bonds. The first kappa shape index (κ1) is 17.3. The monoisotopic (exact) mass is 340 g/mol. The highest BCUT2D eigenvalue weighted by Gasteiger charge is 2.43. The highest BCUT2D eigenvalue weighted by molar-refractivity contribution is 5.96. The largest absolute Gasteiger partial charge is 0.393 e. The van der Waals surface area contributed by atoms with E-state index in [1.807, 2.05) is 12.1 Å². The SMILES string of the molecule is O=C(c1ccccc1C1CCNCC1)N1CCCC(C(F)(F)F)C1. The second kappa shape index (κ2) is 7.13. The topological polar surface area (TPSA) is 32.3 Å². The Kier molecular flexibility index (Phi) is 5.13.